The van der Waals surface area contributed by atoms with Crippen LogP contribution in [0.4, 0.5) is 0 Å². The van der Waals surface area contributed by atoms with E-state index in [1.807, 2.05) is 0 Å². The van der Waals surface area contributed by atoms with Gasteiger partial charge >= 0.3 is 0 Å². The largest absolute Gasteiger partial charge is 0.381 e. The van der Waals surface area contributed by atoms with Crippen LogP contribution in [0.1, 0.15) is 65.2 Å². The highest BCUT2D eigenvalue weighted by Crippen LogP contribution is 2.70. The van der Waals surface area contributed by atoms with Gasteiger partial charge in [-0.25, -0.2) is 0 Å². The molecule has 4 aliphatic carbocycles. The highest BCUT2D eigenvalue weighted by molar-refractivity contribution is 5.11. The monoisotopic (exact) mass is 291 g/mol. The van der Waals surface area contributed by atoms with Crippen LogP contribution in [0.15, 0.2) is 0 Å². The van der Waals surface area contributed by atoms with E-state index in [0.29, 0.717) is 22.3 Å². The Bertz CT molecular complexity index is 396. The second-order valence-corrected chi connectivity index (χ2v) is 9.85. The average Bonchev–Trinajstić information content (AvgIpc) is 2.85. The van der Waals surface area contributed by atoms with Crippen LogP contribution < -0.4 is 5.32 Å². The molecule has 1 saturated heterocycles. The summed E-state index contributed by atoms with van der Waals surface area (Å²) in [7, 11) is 2.17. The van der Waals surface area contributed by atoms with Crippen LogP contribution in [0.3, 0.4) is 0 Å². The molecule has 120 valence electrons. The normalized spacial score (nSPS) is 53.3. The number of ether oxygens (including phenoxy) is 1. The summed E-state index contributed by atoms with van der Waals surface area (Å²) >= 11 is 0. The van der Waals surface area contributed by atoms with E-state index >= 15 is 0 Å². The molecule has 0 aromatic carbocycles. The Morgan fingerprint density at radius 2 is 1.81 bits per heavy atom. The molecule has 1 aliphatic heterocycles. The van der Waals surface area contributed by atoms with Crippen molar-refractivity contribution in [3.8, 4) is 0 Å². The van der Waals surface area contributed by atoms with E-state index in [4.69, 9.17) is 4.74 Å². The number of nitrogens with one attached hydrogen (secondary N) is 1. The molecule has 1 N–H and O–H groups in total. The average molecular weight is 291 g/mol. The van der Waals surface area contributed by atoms with Gasteiger partial charge in [0.05, 0.1) is 6.61 Å². The fourth-order valence-corrected chi connectivity index (χ4v) is 7.75. The summed E-state index contributed by atoms with van der Waals surface area (Å²) in [5.41, 5.74) is 1.94. The van der Waals surface area contributed by atoms with Crippen LogP contribution in [-0.2, 0) is 4.74 Å². The Kier molecular flexibility index (Phi) is 3.25. The first-order valence-electron chi connectivity index (χ1n) is 9.18. The fraction of sp³-hybridized carbons (Fsp3) is 1.00. The SMILES string of the molecule is CNC(CC12CC3CC(C)(CC(C)(C3)C1)C2)C1CCOC1. The molecule has 21 heavy (non-hydrogen) atoms. The van der Waals surface area contributed by atoms with Gasteiger partial charge in [-0.15, -0.1) is 0 Å². The van der Waals surface area contributed by atoms with E-state index in [-0.39, 0.29) is 0 Å². The molecule has 0 amide bonds. The number of hydrogen-bond acceptors (Lipinski definition) is 2. The molecule has 4 unspecified atom stereocenters. The highest BCUT2D eigenvalue weighted by atomic mass is 16.5. The van der Waals surface area contributed by atoms with Crippen LogP contribution in [0, 0.1) is 28.1 Å². The van der Waals surface area contributed by atoms with Gasteiger partial charge in [0, 0.05) is 12.6 Å². The molecule has 5 fully saturated rings. The van der Waals surface area contributed by atoms with Gasteiger partial charge in [0.2, 0.25) is 0 Å². The van der Waals surface area contributed by atoms with E-state index in [2.05, 4.69) is 26.2 Å². The van der Waals surface area contributed by atoms with Crippen molar-refractivity contribution in [2.75, 3.05) is 20.3 Å². The van der Waals surface area contributed by atoms with Crippen molar-refractivity contribution >= 4 is 0 Å². The maximum atomic E-state index is 5.66. The van der Waals surface area contributed by atoms with Gasteiger partial charge in [0.25, 0.3) is 0 Å². The van der Waals surface area contributed by atoms with E-state index in [1.165, 1.54) is 51.4 Å². The van der Waals surface area contributed by atoms with Crippen LogP contribution in [-0.4, -0.2) is 26.3 Å². The minimum Gasteiger partial charge on any atom is -0.381 e. The Hall–Kier alpha value is -0.0800. The third-order valence-corrected chi connectivity index (χ3v) is 7.30. The van der Waals surface area contributed by atoms with Crippen LogP contribution in [0.5, 0.6) is 0 Å². The fourth-order valence-electron chi connectivity index (χ4n) is 7.75. The summed E-state index contributed by atoms with van der Waals surface area (Å²) in [6, 6.07) is 0.677. The molecule has 0 spiro atoms. The topological polar surface area (TPSA) is 21.3 Å². The maximum Gasteiger partial charge on any atom is 0.0510 e. The smallest absolute Gasteiger partial charge is 0.0510 e. The summed E-state index contributed by atoms with van der Waals surface area (Å²) < 4.78 is 5.66. The van der Waals surface area contributed by atoms with Gasteiger partial charge in [-0.1, -0.05) is 13.8 Å². The van der Waals surface area contributed by atoms with Crippen molar-refractivity contribution in [2.24, 2.45) is 28.1 Å². The lowest BCUT2D eigenvalue weighted by molar-refractivity contribution is -0.151. The molecule has 2 heteroatoms. The zero-order valence-electron chi connectivity index (χ0n) is 14.2. The Labute approximate surface area is 130 Å². The van der Waals surface area contributed by atoms with Crippen molar-refractivity contribution < 1.29 is 4.74 Å². The molecule has 5 aliphatic rings. The van der Waals surface area contributed by atoms with E-state index in [9.17, 15) is 0 Å². The minimum atomic E-state index is 0.638. The van der Waals surface area contributed by atoms with Crippen molar-refractivity contribution in [1.29, 1.82) is 0 Å². The Morgan fingerprint density at radius 1 is 1.10 bits per heavy atom. The van der Waals surface area contributed by atoms with Gasteiger partial charge in [-0.05, 0) is 86.5 Å². The first-order chi connectivity index (χ1) is 9.93. The van der Waals surface area contributed by atoms with Crippen molar-refractivity contribution in [2.45, 2.75) is 71.3 Å². The van der Waals surface area contributed by atoms with E-state index < -0.39 is 0 Å². The van der Waals surface area contributed by atoms with Gasteiger partial charge < -0.3 is 10.1 Å². The first kappa shape index (κ1) is 14.5. The predicted octanol–water partition coefficient (Wildman–Crippen LogP) is 4.00. The molecule has 5 rings (SSSR count). The van der Waals surface area contributed by atoms with Gasteiger partial charge in [0.15, 0.2) is 0 Å². The van der Waals surface area contributed by atoms with Gasteiger partial charge in [0.1, 0.15) is 0 Å². The van der Waals surface area contributed by atoms with Crippen molar-refractivity contribution in [1.82, 2.24) is 5.32 Å². The molecule has 2 nitrogen and oxygen atoms in total. The zero-order chi connectivity index (χ0) is 14.7. The quantitative estimate of drug-likeness (QED) is 0.845. The Morgan fingerprint density at radius 3 is 2.33 bits per heavy atom. The summed E-state index contributed by atoms with van der Waals surface area (Å²) in [6.45, 7) is 7.16. The zero-order valence-corrected chi connectivity index (χ0v) is 14.2. The lowest BCUT2D eigenvalue weighted by Crippen LogP contribution is -2.56. The number of hydrogen-bond donors (Lipinski definition) is 1. The lowest BCUT2D eigenvalue weighted by atomic mass is 9.39. The predicted molar refractivity (Wildman–Crippen MR) is 86.2 cm³/mol. The van der Waals surface area contributed by atoms with Crippen LogP contribution in [0.25, 0.3) is 0 Å². The molecule has 1 heterocycles. The summed E-state index contributed by atoms with van der Waals surface area (Å²) in [5, 5.41) is 3.66. The molecular weight excluding hydrogens is 258 g/mol. The van der Waals surface area contributed by atoms with Crippen molar-refractivity contribution in [3.05, 3.63) is 0 Å². The molecular formula is C19H33NO. The highest BCUT2D eigenvalue weighted by Gasteiger charge is 2.60. The second-order valence-electron chi connectivity index (χ2n) is 9.85. The Balaban J connectivity index is 1.56. The molecule has 4 atom stereocenters. The summed E-state index contributed by atoms with van der Waals surface area (Å²) in [4.78, 5) is 0. The third-order valence-electron chi connectivity index (χ3n) is 7.30. The van der Waals surface area contributed by atoms with E-state index in [1.54, 1.807) is 0 Å². The summed E-state index contributed by atoms with van der Waals surface area (Å²) in [6.07, 6.45) is 11.7. The van der Waals surface area contributed by atoms with Gasteiger partial charge in [-0.2, -0.15) is 0 Å². The lowest BCUT2D eigenvalue weighted by Gasteiger charge is -2.66. The van der Waals surface area contributed by atoms with Crippen LogP contribution >= 0.6 is 0 Å². The third kappa shape index (κ3) is 2.47. The molecule has 0 aromatic rings. The molecule has 0 radical (unpaired) electrons. The molecule has 4 bridgehead atoms. The number of rotatable bonds is 4. The van der Waals surface area contributed by atoms with Crippen LogP contribution in [0.2, 0.25) is 0 Å². The first-order valence-corrected chi connectivity index (χ1v) is 9.18. The second kappa shape index (κ2) is 4.71. The minimum absolute atomic E-state index is 0.638. The summed E-state index contributed by atoms with van der Waals surface area (Å²) in [5.74, 6) is 1.78. The standard InChI is InChI=1S/C19H33NO/c1-17-6-14-7-18(2,11-17)13-19(8-14,12-17)9-16(20-3)15-4-5-21-10-15/h14-16,20H,4-13H2,1-3H3. The van der Waals surface area contributed by atoms with Gasteiger partial charge in [-0.3, -0.25) is 0 Å². The van der Waals surface area contributed by atoms with Crippen molar-refractivity contribution in [3.63, 3.8) is 0 Å². The van der Waals surface area contributed by atoms with E-state index in [0.717, 1.165) is 25.0 Å². The maximum absolute atomic E-state index is 5.66. The molecule has 0 aromatic heterocycles. The molecule has 4 saturated carbocycles.